The number of halogens is 2. The number of ether oxygens (including phenoxy) is 2. The maximum Gasteiger partial charge on any atom is 0.387 e. The Hall–Kier alpha value is -2.38. The van der Waals surface area contributed by atoms with Crippen LogP contribution < -0.4 is 15.4 Å². The smallest absolute Gasteiger partial charge is 0.387 e. The molecule has 26 heavy (non-hydrogen) atoms. The molecule has 0 aromatic heterocycles. The normalized spacial score (nSPS) is 12.1. The first kappa shape index (κ1) is 21.7. The second-order valence-electron chi connectivity index (χ2n) is 6.62. The van der Waals surface area contributed by atoms with Crippen molar-refractivity contribution in [1.29, 1.82) is 0 Å². The summed E-state index contributed by atoms with van der Waals surface area (Å²) in [5.41, 5.74) is 0.862. The highest BCUT2D eigenvalue weighted by Gasteiger charge is 2.16. The van der Waals surface area contributed by atoms with Crippen molar-refractivity contribution in [1.82, 2.24) is 10.6 Å². The van der Waals surface area contributed by atoms with Crippen molar-refractivity contribution < 1.29 is 23.0 Å². The van der Waals surface area contributed by atoms with Crippen LogP contribution in [0.2, 0.25) is 0 Å². The Labute approximate surface area is 153 Å². The molecule has 0 spiro atoms. The van der Waals surface area contributed by atoms with Crippen molar-refractivity contribution in [2.45, 2.75) is 53.4 Å². The average molecular weight is 371 g/mol. The number of hydrogen-bond acceptors (Lipinski definition) is 4. The van der Waals surface area contributed by atoms with Gasteiger partial charge in [0.2, 0.25) is 0 Å². The molecule has 0 fully saturated rings. The van der Waals surface area contributed by atoms with Crippen LogP contribution in [-0.4, -0.2) is 37.2 Å². The zero-order chi connectivity index (χ0) is 19.7. The van der Waals surface area contributed by atoms with Crippen LogP contribution >= 0.6 is 0 Å². The SMILES string of the molecule is CCNC(=NCc1cc(C)ccc1OC(F)F)NCC(=O)OC(C)(C)C. The van der Waals surface area contributed by atoms with E-state index in [9.17, 15) is 13.6 Å². The molecule has 0 amide bonds. The van der Waals surface area contributed by atoms with Crippen LogP contribution in [0.1, 0.15) is 38.8 Å². The summed E-state index contributed by atoms with van der Waals surface area (Å²) in [6.07, 6.45) is 0. The number of nitrogens with zero attached hydrogens (tertiary/aromatic N) is 1. The fourth-order valence-corrected chi connectivity index (χ4v) is 2.08. The van der Waals surface area contributed by atoms with Gasteiger partial charge < -0.3 is 20.1 Å². The number of guanidine groups is 1. The number of benzene rings is 1. The van der Waals surface area contributed by atoms with Gasteiger partial charge in [-0.25, -0.2) is 4.99 Å². The lowest BCUT2D eigenvalue weighted by atomic mass is 10.1. The van der Waals surface area contributed by atoms with Gasteiger partial charge in [0, 0.05) is 12.1 Å². The third-order valence-corrected chi connectivity index (χ3v) is 3.00. The molecule has 1 rings (SSSR count). The number of carbonyl (C=O) groups is 1. The minimum atomic E-state index is -2.90. The molecule has 0 unspecified atom stereocenters. The number of aryl methyl sites for hydroxylation is 1. The third kappa shape index (κ3) is 8.64. The van der Waals surface area contributed by atoms with Crippen LogP contribution in [0.5, 0.6) is 5.75 Å². The molecule has 8 heteroatoms. The maximum absolute atomic E-state index is 12.5. The fourth-order valence-electron chi connectivity index (χ4n) is 2.08. The Balaban J connectivity index is 2.80. The molecular weight excluding hydrogens is 344 g/mol. The van der Waals surface area contributed by atoms with Gasteiger partial charge in [-0.05, 0) is 40.7 Å². The van der Waals surface area contributed by atoms with Gasteiger partial charge in [-0.2, -0.15) is 8.78 Å². The molecule has 0 aliphatic carbocycles. The van der Waals surface area contributed by atoms with Crippen LogP contribution in [0.3, 0.4) is 0 Å². The van der Waals surface area contributed by atoms with E-state index >= 15 is 0 Å². The number of hydrogen-bond donors (Lipinski definition) is 2. The Morgan fingerprint density at radius 3 is 2.54 bits per heavy atom. The summed E-state index contributed by atoms with van der Waals surface area (Å²) < 4.78 is 34.8. The highest BCUT2D eigenvalue weighted by molar-refractivity contribution is 5.84. The van der Waals surface area contributed by atoms with Gasteiger partial charge in [0.05, 0.1) is 6.54 Å². The molecule has 146 valence electrons. The van der Waals surface area contributed by atoms with Gasteiger partial charge in [-0.3, -0.25) is 4.79 Å². The molecule has 0 saturated carbocycles. The van der Waals surface area contributed by atoms with E-state index in [-0.39, 0.29) is 18.8 Å². The number of esters is 1. The average Bonchev–Trinajstić information content (AvgIpc) is 2.50. The summed E-state index contributed by atoms with van der Waals surface area (Å²) in [5, 5.41) is 5.85. The summed E-state index contributed by atoms with van der Waals surface area (Å²) in [5.74, 6) is 0.0422. The van der Waals surface area contributed by atoms with E-state index in [0.717, 1.165) is 5.56 Å². The lowest BCUT2D eigenvalue weighted by Crippen LogP contribution is -2.41. The standard InChI is InChI=1S/C18H27F2N3O3/c1-6-21-17(23-11-15(24)26-18(3,4)5)22-10-13-9-12(2)7-8-14(13)25-16(19)20/h7-9,16H,6,10-11H2,1-5H3,(H2,21,22,23). The number of carbonyl (C=O) groups excluding carboxylic acids is 1. The lowest BCUT2D eigenvalue weighted by molar-refractivity contribution is -0.153. The second-order valence-corrected chi connectivity index (χ2v) is 6.62. The number of aliphatic imine (C=N–C) groups is 1. The highest BCUT2D eigenvalue weighted by atomic mass is 19.3. The topological polar surface area (TPSA) is 72.0 Å². The molecule has 1 aromatic rings. The van der Waals surface area contributed by atoms with Crippen molar-refractivity contribution in [2.24, 2.45) is 4.99 Å². The Morgan fingerprint density at radius 1 is 1.27 bits per heavy atom. The van der Waals surface area contributed by atoms with Gasteiger partial charge >= 0.3 is 12.6 Å². The van der Waals surface area contributed by atoms with Crippen LogP contribution in [0.4, 0.5) is 8.78 Å². The maximum atomic E-state index is 12.5. The second kappa shape index (κ2) is 9.94. The van der Waals surface area contributed by atoms with Gasteiger partial charge in [0.15, 0.2) is 5.96 Å². The van der Waals surface area contributed by atoms with E-state index in [0.29, 0.717) is 18.1 Å². The quantitative estimate of drug-likeness (QED) is 0.438. The van der Waals surface area contributed by atoms with Gasteiger partial charge in [0.25, 0.3) is 0 Å². The number of alkyl halides is 2. The van der Waals surface area contributed by atoms with Crippen LogP contribution in [-0.2, 0) is 16.1 Å². The van der Waals surface area contributed by atoms with E-state index < -0.39 is 18.2 Å². The molecular formula is C18H27F2N3O3. The predicted molar refractivity (Wildman–Crippen MR) is 96.5 cm³/mol. The molecule has 0 atom stereocenters. The van der Waals surface area contributed by atoms with E-state index in [1.165, 1.54) is 6.07 Å². The van der Waals surface area contributed by atoms with E-state index in [4.69, 9.17) is 4.74 Å². The van der Waals surface area contributed by atoms with Gasteiger partial charge in [-0.15, -0.1) is 0 Å². The Bertz CT molecular complexity index is 629. The Morgan fingerprint density at radius 2 is 1.96 bits per heavy atom. The van der Waals surface area contributed by atoms with Crippen LogP contribution in [0, 0.1) is 6.92 Å². The molecule has 6 nitrogen and oxygen atoms in total. The minimum Gasteiger partial charge on any atom is -0.459 e. The molecule has 1 aromatic carbocycles. The highest BCUT2D eigenvalue weighted by Crippen LogP contribution is 2.22. The first-order valence-corrected chi connectivity index (χ1v) is 8.39. The molecule has 0 aliphatic rings. The first-order valence-electron chi connectivity index (χ1n) is 8.39. The largest absolute Gasteiger partial charge is 0.459 e. The predicted octanol–water partition coefficient (Wildman–Crippen LogP) is 2.99. The minimum absolute atomic E-state index is 0.0582. The molecule has 0 saturated heterocycles. The lowest BCUT2D eigenvalue weighted by Gasteiger charge is -2.20. The summed E-state index contributed by atoms with van der Waals surface area (Å²) in [4.78, 5) is 16.1. The van der Waals surface area contributed by atoms with Crippen molar-refractivity contribution in [2.75, 3.05) is 13.1 Å². The van der Waals surface area contributed by atoms with Crippen LogP contribution in [0.15, 0.2) is 23.2 Å². The molecule has 0 heterocycles. The van der Waals surface area contributed by atoms with E-state index in [1.54, 1.807) is 32.9 Å². The van der Waals surface area contributed by atoms with Crippen LogP contribution in [0.25, 0.3) is 0 Å². The molecule has 2 N–H and O–H groups in total. The van der Waals surface area contributed by atoms with E-state index in [2.05, 4.69) is 20.4 Å². The fraction of sp³-hybridized carbons (Fsp3) is 0.556. The summed E-state index contributed by atoms with van der Waals surface area (Å²) in [6, 6.07) is 4.92. The van der Waals surface area contributed by atoms with Crippen molar-refractivity contribution in [3.63, 3.8) is 0 Å². The molecule has 0 radical (unpaired) electrons. The molecule has 0 aliphatic heterocycles. The summed E-state index contributed by atoms with van der Waals surface area (Å²) >= 11 is 0. The molecule has 0 bridgehead atoms. The zero-order valence-electron chi connectivity index (χ0n) is 15.9. The van der Waals surface area contributed by atoms with Gasteiger partial charge in [-0.1, -0.05) is 17.7 Å². The third-order valence-electron chi connectivity index (χ3n) is 3.00. The monoisotopic (exact) mass is 371 g/mol. The van der Waals surface area contributed by atoms with Gasteiger partial charge in [0.1, 0.15) is 17.9 Å². The summed E-state index contributed by atoms with van der Waals surface area (Å²) in [6.45, 7) is 6.82. The van der Waals surface area contributed by atoms with E-state index in [1.807, 2.05) is 13.8 Å². The Kier molecular flexibility index (Phi) is 8.28. The number of nitrogens with one attached hydrogen (secondary N) is 2. The number of rotatable bonds is 7. The van der Waals surface area contributed by atoms with Crippen molar-refractivity contribution >= 4 is 11.9 Å². The van der Waals surface area contributed by atoms with Crippen molar-refractivity contribution in [3.05, 3.63) is 29.3 Å². The van der Waals surface area contributed by atoms with Crippen molar-refractivity contribution in [3.8, 4) is 5.75 Å². The zero-order valence-corrected chi connectivity index (χ0v) is 15.9. The summed E-state index contributed by atoms with van der Waals surface area (Å²) in [7, 11) is 0. The first-order chi connectivity index (χ1) is 12.1.